The number of nitrogens with two attached hydrogens (primary N) is 1. The average molecular weight is 274 g/mol. The summed E-state index contributed by atoms with van der Waals surface area (Å²) in [5, 5.41) is 1.66. The van der Waals surface area contributed by atoms with Gasteiger partial charge in [-0.25, -0.2) is 15.0 Å². The number of hydrogen-bond acceptors (Lipinski definition) is 5. The minimum Gasteiger partial charge on any atom is -0.327 e. The Morgan fingerprint density at radius 3 is 2.68 bits per heavy atom. The summed E-state index contributed by atoms with van der Waals surface area (Å²) in [4.78, 5) is 13.0. The zero-order valence-corrected chi connectivity index (χ0v) is 12.0. The van der Waals surface area contributed by atoms with E-state index in [0.29, 0.717) is 0 Å². The number of hydrogen-bond donors (Lipinski definition) is 1. The van der Waals surface area contributed by atoms with Crippen LogP contribution in [0.1, 0.15) is 24.5 Å². The van der Waals surface area contributed by atoms with E-state index in [2.05, 4.69) is 27.9 Å². The van der Waals surface area contributed by atoms with E-state index in [1.165, 1.54) is 11.8 Å². The Hall–Kier alpha value is -1.46. The van der Waals surface area contributed by atoms with E-state index < -0.39 is 0 Å². The molecular formula is C14H18N4S. The van der Waals surface area contributed by atoms with Crippen LogP contribution in [0.2, 0.25) is 0 Å². The third-order valence-electron chi connectivity index (χ3n) is 2.80. The standard InChI is InChI=1S/C14H18N4S/c1-3-12(15)7-11-5-4-6-16-13(11)19-14-17-8-10(2)9-18-14/h4-6,8-9,12H,3,7,15H2,1-2H3. The summed E-state index contributed by atoms with van der Waals surface area (Å²) < 4.78 is 0. The minimum absolute atomic E-state index is 0.169. The fraction of sp³-hybridized carbons (Fsp3) is 0.357. The average Bonchev–Trinajstić information content (AvgIpc) is 2.43. The summed E-state index contributed by atoms with van der Waals surface area (Å²) >= 11 is 1.49. The number of aromatic nitrogens is 3. The molecule has 2 heterocycles. The summed E-state index contributed by atoms with van der Waals surface area (Å²) in [7, 11) is 0. The summed E-state index contributed by atoms with van der Waals surface area (Å²) in [5.74, 6) is 0. The summed E-state index contributed by atoms with van der Waals surface area (Å²) in [5.41, 5.74) is 8.23. The van der Waals surface area contributed by atoms with Crippen molar-refractivity contribution < 1.29 is 0 Å². The molecule has 0 amide bonds. The zero-order chi connectivity index (χ0) is 13.7. The SMILES string of the molecule is CCC(N)Cc1cccnc1Sc1ncc(C)cn1. The largest absolute Gasteiger partial charge is 0.327 e. The van der Waals surface area contributed by atoms with Crippen molar-refractivity contribution in [1.29, 1.82) is 0 Å². The third kappa shape index (κ3) is 4.01. The van der Waals surface area contributed by atoms with Gasteiger partial charge in [-0.05, 0) is 48.7 Å². The Bertz CT molecular complexity index is 527. The Kier molecular flexibility index (Phi) is 4.87. The number of pyridine rings is 1. The van der Waals surface area contributed by atoms with E-state index in [1.807, 2.05) is 25.4 Å². The van der Waals surface area contributed by atoms with Gasteiger partial charge in [0.15, 0.2) is 5.16 Å². The molecule has 0 saturated heterocycles. The molecule has 2 aromatic heterocycles. The number of nitrogens with zero attached hydrogens (tertiary/aromatic N) is 3. The lowest BCUT2D eigenvalue weighted by molar-refractivity contribution is 0.637. The van der Waals surface area contributed by atoms with E-state index in [4.69, 9.17) is 5.73 Å². The van der Waals surface area contributed by atoms with Gasteiger partial charge in [0.05, 0.1) is 0 Å². The van der Waals surface area contributed by atoms with Gasteiger partial charge in [0.2, 0.25) is 0 Å². The van der Waals surface area contributed by atoms with Crippen molar-refractivity contribution in [3.8, 4) is 0 Å². The predicted molar refractivity (Wildman–Crippen MR) is 77.1 cm³/mol. The second-order valence-electron chi connectivity index (χ2n) is 4.49. The van der Waals surface area contributed by atoms with Crippen LogP contribution in [0.5, 0.6) is 0 Å². The van der Waals surface area contributed by atoms with Gasteiger partial charge in [-0.1, -0.05) is 13.0 Å². The Balaban J connectivity index is 2.17. The van der Waals surface area contributed by atoms with Crippen molar-refractivity contribution in [3.63, 3.8) is 0 Å². The van der Waals surface area contributed by atoms with Gasteiger partial charge in [0.25, 0.3) is 0 Å². The van der Waals surface area contributed by atoms with Crippen LogP contribution in [0.4, 0.5) is 0 Å². The Labute approximate surface area is 117 Å². The predicted octanol–water partition coefficient (Wildman–Crippen LogP) is 2.61. The molecule has 0 fully saturated rings. The molecule has 0 saturated carbocycles. The monoisotopic (exact) mass is 274 g/mol. The van der Waals surface area contributed by atoms with Gasteiger partial charge in [0.1, 0.15) is 5.03 Å². The van der Waals surface area contributed by atoms with Gasteiger partial charge < -0.3 is 5.73 Å². The molecule has 0 aliphatic rings. The summed E-state index contributed by atoms with van der Waals surface area (Å²) in [6, 6.07) is 4.18. The molecular weight excluding hydrogens is 256 g/mol. The molecule has 1 unspecified atom stereocenters. The van der Waals surface area contributed by atoms with Crippen molar-refractivity contribution in [1.82, 2.24) is 15.0 Å². The quantitative estimate of drug-likeness (QED) is 0.849. The number of aryl methyl sites for hydroxylation is 1. The highest BCUT2D eigenvalue weighted by molar-refractivity contribution is 7.99. The highest BCUT2D eigenvalue weighted by Gasteiger charge is 2.10. The maximum Gasteiger partial charge on any atom is 0.193 e. The zero-order valence-electron chi connectivity index (χ0n) is 11.2. The van der Waals surface area contributed by atoms with Crippen LogP contribution in [-0.4, -0.2) is 21.0 Å². The maximum absolute atomic E-state index is 6.02. The molecule has 1 atom stereocenters. The maximum atomic E-state index is 6.02. The van der Waals surface area contributed by atoms with E-state index in [-0.39, 0.29) is 6.04 Å². The van der Waals surface area contributed by atoms with Crippen molar-refractivity contribution in [3.05, 3.63) is 41.9 Å². The van der Waals surface area contributed by atoms with Crippen LogP contribution >= 0.6 is 11.8 Å². The molecule has 4 nitrogen and oxygen atoms in total. The first-order chi connectivity index (χ1) is 9.19. The third-order valence-corrected chi connectivity index (χ3v) is 3.76. The minimum atomic E-state index is 0.169. The molecule has 2 rings (SSSR count). The highest BCUT2D eigenvalue weighted by atomic mass is 32.2. The molecule has 0 spiro atoms. The lowest BCUT2D eigenvalue weighted by atomic mass is 10.1. The van der Waals surface area contributed by atoms with Gasteiger partial charge >= 0.3 is 0 Å². The fourth-order valence-corrected chi connectivity index (χ4v) is 2.40. The Morgan fingerprint density at radius 1 is 1.26 bits per heavy atom. The van der Waals surface area contributed by atoms with Crippen LogP contribution in [0.3, 0.4) is 0 Å². The van der Waals surface area contributed by atoms with Crippen LogP contribution in [0.25, 0.3) is 0 Å². The van der Waals surface area contributed by atoms with E-state index in [0.717, 1.165) is 34.2 Å². The second kappa shape index (κ2) is 6.63. The molecule has 0 bridgehead atoms. The van der Waals surface area contributed by atoms with Crippen LogP contribution in [0, 0.1) is 6.92 Å². The van der Waals surface area contributed by atoms with Gasteiger partial charge in [-0.2, -0.15) is 0 Å². The number of rotatable bonds is 5. The molecule has 5 heteroatoms. The summed E-state index contributed by atoms with van der Waals surface area (Å²) in [6.07, 6.45) is 7.21. The lowest BCUT2D eigenvalue weighted by Gasteiger charge is -2.11. The topological polar surface area (TPSA) is 64.7 Å². The van der Waals surface area contributed by atoms with E-state index >= 15 is 0 Å². The smallest absolute Gasteiger partial charge is 0.193 e. The van der Waals surface area contributed by atoms with Crippen molar-refractivity contribution in [2.45, 2.75) is 42.9 Å². The fourth-order valence-electron chi connectivity index (χ4n) is 1.62. The first kappa shape index (κ1) is 14.0. The normalized spacial score (nSPS) is 12.4. The molecule has 2 N–H and O–H groups in total. The first-order valence-corrected chi connectivity index (χ1v) is 7.16. The van der Waals surface area contributed by atoms with Crippen LogP contribution in [-0.2, 0) is 6.42 Å². The van der Waals surface area contributed by atoms with Gasteiger partial charge in [0, 0.05) is 24.6 Å². The van der Waals surface area contributed by atoms with E-state index in [9.17, 15) is 0 Å². The lowest BCUT2D eigenvalue weighted by Crippen LogP contribution is -2.21. The van der Waals surface area contributed by atoms with Gasteiger partial charge in [-0.3, -0.25) is 0 Å². The first-order valence-electron chi connectivity index (χ1n) is 6.35. The van der Waals surface area contributed by atoms with Crippen LogP contribution in [0.15, 0.2) is 40.9 Å². The molecule has 100 valence electrons. The second-order valence-corrected chi connectivity index (χ2v) is 5.44. The summed E-state index contributed by atoms with van der Waals surface area (Å²) in [6.45, 7) is 4.07. The van der Waals surface area contributed by atoms with Gasteiger partial charge in [-0.15, -0.1) is 0 Å². The van der Waals surface area contributed by atoms with Crippen LogP contribution < -0.4 is 5.73 Å². The van der Waals surface area contributed by atoms with E-state index in [1.54, 1.807) is 6.20 Å². The van der Waals surface area contributed by atoms with Crippen molar-refractivity contribution in [2.75, 3.05) is 0 Å². The molecule has 2 aromatic rings. The molecule has 0 aliphatic carbocycles. The Morgan fingerprint density at radius 2 is 2.00 bits per heavy atom. The highest BCUT2D eigenvalue weighted by Crippen LogP contribution is 2.26. The molecule has 0 aromatic carbocycles. The molecule has 0 radical (unpaired) electrons. The molecule has 19 heavy (non-hydrogen) atoms. The van der Waals surface area contributed by atoms with Crippen molar-refractivity contribution >= 4 is 11.8 Å². The molecule has 0 aliphatic heterocycles. The van der Waals surface area contributed by atoms with Crippen molar-refractivity contribution in [2.24, 2.45) is 5.73 Å².